The van der Waals surface area contributed by atoms with Gasteiger partial charge in [0.2, 0.25) is 0 Å². The Balaban J connectivity index is 1.93. The van der Waals surface area contributed by atoms with Crippen LogP contribution in [0.1, 0.15) is 39.3 Å². The molecule has 4 nitrogen and oxygen atoms in total. The number of alkyl halides is 3. The molecule has 2 heterocycles. The molecule has 0 aromatic carbocycles. The van der Waals surface area contributed by atoms with E-state index in [1.54, 1.807) is 0 Å². The number of piperidine rings is 1. The summed E-state index contributed by atoms with van der Waals surface area (Å²) in [5.41, 5.74) is -1.14. The van der Waals surface area contributed by atoms with Gasteiger partial charge in [-0.1, -0.05) is 0 Å². The molecule has 0 aliphatic carbocycles. The van der Waals surface area contributed by atoms with Crippen LogP contribution in [0.2, 0.25) is 0 Å². The van der Waals surface area contributed by atoms with Crippen molar-refractivity contribution >= 4 is 5.82 Å². The molecular formula is C14H20F3N3O. The molecule has 0 amide bonds. The number of ether oxygens (including phenoxy) is 1. The zero-order chi connectivity index (χ0) is 15.7. The van der Waals surface area contributed by atoms with Gasteiger partial charge in [0.25, 0.3) is 0 Å². The minimum Gasteiger partial charge on any atom is -0.372 e. The normalized spacial score (nSPS) is 18.1. The topological polar surface area (TPSA) is 38.2 Å². The quantitative estimate of drug-likeness (QED) is 0.840. The molecule has 1 aromatic heterocycles. The smallest absolute Gasteiger partial charge is 0.372 e. The van der Waals surface area contributed by atoms with E-state index < -0.39 is 11.9 Å². The molecule has 118 valence electrons. The fourth-order valence-corrected chi connectivity index (χ4v) is 2.35. The average molecular weight is 303 g/mol. The third kappa shape index (κ3) is 4.56. The first-order valence-electron chi connectivity index (χ1n) is 6.99. The van der Waals surface area contributed by atoms with Crippen molar-refractivity contribution in [3.8, 4) is 0 Å². The van der Waals surface area contributed by atoms with Crippen LogP contribution >= 0.6 is 0 Å². The second kappa shape index (κ2) is 5.79. The Kier molecular flexibility index (Phi) is 4.41. The maximum Gasteiger partial charge on any atom is 0.435 e. The first kappa shape index (κ1) is 16.0. The first-order chi connectivity index (χ1) is 9.65. The highest BCUT2D eigenvalue weighted by Gasteiger charge is 2.33. The molecule has 0 unspecified atom stereocenters. The largest absolute Gasteiger partial charge is 0.435 e. The van der Waals surface area contributed by atoms with Crippen LogP contribution in [0.25, 0.3) is 0 Å². The highest BCUT2D eigenvalue weighted by molar-refractivity contribution is 5.38. The summed E-state index contributed by atoms with van der Waals surface area (Å²) in [7, 11) is 0. The summed E-state index contributed by atoms with van der Waals surface area (Å²) >= 11 is 0. The molecule has 7 heteroatoms. The Morgan fingerprint density at radius 1 is 1.10 bits per heavy atom. The number of hydrogen-bond acceptors (Lipinski definition) is 4. The van der Waals surface area contributed by atoms with E-state index in [0.29, 0.717) is 18.9 Å². The number of rotatable bonds is 2. The van der Waals surface area contributed by atoms with Crippen LogP contribution in [0.4, 0.5) is 19.0 Å². The van der Waals surface area contributed by atoms with Crippen molar-refractivity contribution in [2.24, 2.45) is 0 Å². The predicted octanol–water partition coefficient (Wildman–Crippen LogP) is 3.28. The summed E-state index contributed by atoms with van der Waals surface area (Å²) in [6.07, 6.45) is -2.59. The Morgan fingerprint density at radius 2 is 1.71 bits per heavy atom. The van der Waals surface area contributed by atoms with Gasteiger partial charge in [0, 0.05) is 13.1 Å². The van der Waals surface area contributed by atoms with Crippen molar-refractivity contribution in [1.29, 1.82) is 0 Å². The summed E-state index contributed by atoms with van der Waals surface area (Å²) in [6, 6.07) is 2.35. The van der Waals surface area contributed by atoms with Crippen LogP contribution in [0.3, 0.4) is 0 Å². The van der Waals surface area contributed by atoms with Gasteiger partial charge in [-0.05, 0) is 45.7 Å². The number of aromatic nitrogens is 2. The van der Waals surface area contributed by atoms with Crippen molar-refractivity contribution in [2.75, 3.05) is 18.0 Å². The van der Waals surface area contributed by atoms with Gasteiger partial charge >= 0.3 is 6.18 Å². The summed E-state index contributed by atoms with van der Waals surface area (Å²) < 4.78 is 43.2. The highest BCUT2D eigenvalue weighted by atomic mass is 19.4. The minimum absolute atomic E-state index is 0.180. The lowest BCUT2D eigenvalue weighted by molar-refractivity contribution is -0.141. The standard InChI is InChI=1S/C14H20F3N3O/c1-13(2,3)21-10-6-8-20(9-7-10)12-5-4-11(18-19-12)14(15,16)17/h4-5,10H,6-9H2,1-3H3. The molecule has 0 saturated carbocycles. The SMILES string of the molecule is CC(C)(C)OC1CCN(c2ccc(C(F)(F)F)nn2)CC1. The monoisotopic (exact) mass is 303 g/mol. The van der Waals surface area contributed by atoms with Gasteiger partial charge in [0.05, 0.1) is 11.7 Å². The molecule has 0 radical (unpaired) electrons. The summed E-state index contributed by atoms with van der Waals surface area (Å²) in [5.74, 6) is 0.484. The van der Waals surface area contributed by atoms with Gasteiger partial charge < -0.3 is 9.64 Å². The molecule has 21 heavy (non-hydrogen) atoms. The van der Waals surface area contributed by atoms with Gasteiger partial charge in [0.1, 0.15) is 0 Å². The van der Waals surface area contributed by atoms with E-state index in [1.165, 1.54) is 6.07 Å². The van der Waals surface area contributed by atoms with Crippen molar-refractivity contribution in [1.82, 2.24) is 10.2 Å². The molecule has 1 fully saturated rings. The zero-order valence-electron chi connectivity index (χ0n) is 12.4. The maximum absolute atomic E-state index is 12.4. The van der Waals surface area contributed by atoms with Crippen LogP contribution in [-0.4, -0.2) is 35.0 Å². The number of hydrogen-bond donors (Lipinski definition) is 0. The van der Waals surface area contributed by atoms with E-state index in [2.05, 4.69) is 10.2 Å². The third-order valence-corrected chi connectivity index (χ3v) is 3.23. The molecule has 2 rings (SSSR count). The average Bonchev–Trinajstić information content (AvgIpc) is 2.37. The number of anilines is 1. The van der Waals surface area contributed by atoms with E-state index in [4.69, 9.17) is 4.74 Å². The lowest BCUT2D eigenvalue weighted by atomic mass is 10.1. The number of nitrogens with zero attached hydrogens (tertiary/aromatic N) is 3. The van der Waals surface area contributed by atoms with Gasteiger partial charge in [-0.2, -0.15) is 13.2 Å². The van der Waals surface area contributed by atoms with Crippen molar-refractivity contribution in [3.63, 3.8) is 0 Å². The zero-order valence-corrected chi connectivity index (χ0v) is 12.4. The van der Waals surface area contributed by atoms with Gasteiger partial charge in [-0.15, -0.1) is 10.2 Å². The maximum atomic E-state index is 12.4. The molecular weight excluding hydrogens is 283 g/mol. The third-order valence-electron chi connectivity index (χ3n) is 3.23. The van der Waals surface area contributed by atoms with Crippen molar-refractivity contribution in [2.45, 2.75) is 51.5 Å². The van der Waals surface area contributed by atoms with Crippen LogP contribution in [0.15, 0.2) is 12.1 Å². The van der Waals surface area contributed by atoms with E-state index in [0.717, 1.165) is 18.9 Å². The first-order valence-corrected chi connectivity index (χ1v) is 6.99. The van der Waals surface area contributed by atoms with Crippen LogP contribution < -0.4 is 4.90 Å². The summed E-state index contributed by atoms with van der Waals surface area (Å²) in [4.78, 5) is 1.94. The Hall–Kier alpha value is -1.37. The van der Waals surface area contributed by atoms with Gasteiger partial charge in [0.15, 0.2) is 11.5 Å². The highest BCUT2D eigenvalue weighted by Crippen LogP contribution is 2.28. The summed E-state index contributed by atoms with van der Waals surface area (Å²) in [6.45, 7) is 7.46. The molecule has 0 spiro atoms. The van der Waals surface area contributed by atoms with Crippen LogP contribution in [0, 0.1) is 0 Å². The van der Waals surface area contributed by atoms with E-state index in [-0.39, 0.29) is 11.7 Å². The molecule has 0 atom stereocenters. The second-order valence-electron chi connectivity index (χ2n) is 6.19. The molecule has 1 saturated heterocycles. The number of halogens is 3. The Labute approximate surface area is 122 Å². The molecule has 0 bridgehead atoms. The van der Waals surface area contributed by atoms with Crippen LogP contribution in [-0.2, 0) is 10.9 Å². The molecule has 0 N–H and O–H groups in total. The van der Waals surface area contributed by atoms with E-state index in [9.17, 15) is 13.2 Å². The van der Waals surface area contributed by atoms with Crippen molar-refractivity contribution < 1.29 is 17.9 Å². The minimum atomic E-state index is -4.45. The molecule has 1 aliphatic heterocycles. The fourth-order valence-electron chi connectivity index (χ4n) is 2.35. The fraction of sp³-hybridized carbons (Fsp3) is 0.714. The van der Waals surface area contributed by atoms with Crippen LogP contribution in [0.5, 0.6) is 0 Å². The van der Waals surface area contributed by atoms with Crippen molar-refractivity contribution in [3.05, 3.63) is 17.8 Å². The van der Waals surface area contributed by atoms with Gasteiger partial charge in [-0.3, -0.25) is 0 Å². The van der Waals surface area contributed by atoms with E-state index in [1.807, 2.05) is 25.7 Å². The van der Waals surface area contributed by atoms with Gasteiger partial charge in [-0.25, -0.2) is 0 Å². The Morgan fingerprint density at radius 3 is 2.14 bits per heavy atom. The predicted molar refractivity (Wildman–Crippen MR) is 73.1 cm³/mol. The molecule has 1 aliphatic rings. The lowest BCUT2D eigenvalue weighted by Gasteiger charge is -2.35. The Bertz CT molecular complexity index is 460. The summed E-state index contributed by atoms with van der Waals surface area (Å²) in [5, 5.41) is 6.94. The van der Waals surface area contributed by atoms with E-state index >= 15 is 0 Å². The second-order valence-corrected chi connectivity index (χ2v) is 6.19. The molecule has 1 aromatic rings. The lowest BCUT2D eigenvalue weighted by Crippen LogP contribution is -2.40.